The highest BCUT2D eigenvalue weighted by Crippen LogP contribution is 2.60. The van der Waals surface area contributed by atoms with Crippen LogP contribution in [0.25, 0.3) is 0 Å². The number of aliphatic hydroxyl groups is 3. The van der Waals surface area contributed by atoms with Gasteiger partial charge in [-0.1, -0.05) is 150 Å². The number of hydrogen-bond acceptors (Lipinski definition) is 16. The van der Waals surface area contributed by atoms with Crippen LogP contribution in [-0.2, 0) is 46.3 Å². The van der Waals surface area contributed by atoms with E-state index in [1.54, 1.807) is 24.3 Å². The van der Waals surface area contributed by atoms with Gasteiger partial charge in [0.1, 0.15) is 30.7 Å². The molecule has 412 valence electrons. The van der Waals surface area contributed by atoms with E-state index in [-0.39, 0.29) is 31.5 Å². The maximum absolute atomic E-state index is 12.9. The molecule has 1 aliphatic rings. The van der Waals surface area contributed by atoms with Gasteiger partial charge in [0.2, 0.25) is 0 Å². The van der Waals surface area contributed by atoms with Crippen LogP contribution in [-0.4, -0.2) is 96.9 Å². The Morgan fingerprint density at radius 1 is 0.740 bits per heavy atom. The largest absolute Gasteiger partial charge is 0.481 e. The number of phosphoric acid groups is 2. The number of allylic oxidation sites excluding steroid dienone is 12. The van der Waals surface area contributed by atoms with Gasteiger partial charge in [-0.2, -0.15) is 9.29 Å². The number of carbonyl (C=O) groups excluding carboxylic acids is 2. The molecule has 1 aromatic rings. The second-order valence-corrected chi connectivity index (χ2v) is 20.5. The molecule has 8 atom stereocenters. The second-order valence-electron chi connectivity index (χ2n) is 17.5. The summed E-state index contributed by atoms with van der Waals surface area (Å²) in [4.78, 5) is 61.9. The van der Waals surface area contributed by atoms with Crippen LogP contribution < -0.4 is 11.4 Å². The zero-order chi connectivity index (χ0) is 53.6. The van der Waals surface area contributed by atoms with E-state index in [1.165, 1.54) is 31.7 Å². The highest BCUT2D eigenvalue weighted by molar-refractivity contribution is 7.61. The molecule has 1 aliphatic heterocycles. The molecule has 0 amide bonds. The Hall–Kier alpha value is -4.10. The Morgan fingerprint density at radius 3 is 2.00 bits per heavy atom. The molecule has 2 rings (SSSR count). The topological polar surface area (TPSA) is 286 Å². The minimum absolute atomic E-state index is 0.0806. The number of anilines is 1. The molecule has 0 saturated carbocycles. The second kappa shape index (κ2) is 39.3. The zero-order valence-corrected chi connectivity index (χ0v) is 44.6. The average molecular weight is 1070 g/mol. The third-order valence-corrected chi connectivity index (χ3v) is 13.7. The Labute approximate surface area is 431 Å². The molecule has 21 heteroatoms. The summed E-state index contributed by atoms with van der Waals surface area (Å²) in [7, 11) is -10.9. The van der Waals surface area contributed by atoms with Crippen molar-refractivity contribution in [3.05, 3.63) is 108 Å². The third kappa shape index (κ3) is 32.1. The van der Waals surface area contributed by atoms with E-state index in [1.807, 2.05) is 12.2 Å². The molecule has 1 fully saturated rings. The van der Waals surface area contributed by atoms with Gasteiger partial charge in [-0.3, -0.25) is 23.2 Å². The minimum Gasteiger partial charge on any atom is -0.462 e. The van der Waals surface area contributed by atoms with Gasteiger partial charge in [0, 0.05) is 19.0 Å². The molecule has 19 nitrogen and oxygen atoms in total. The molecule has 1 saturated heterocycles. The summed E-state index contributed by atoms with van der Waals surface area (Å²) in [6.07, 6.45) is 38.3. The van der Waals surface area contributed by atoms with Gasteiger partial charge in [0.05, 0.1) is 19.3 Å². The highest BCUT2D eigenvalue weighted by Gasteiger charge is 2.46. The van der Waals surface area contributed by atoms with Crippen LogP contribution in [0.5, 0.6) is 0 Å². The van der Waals surface area contributed by atoms with E-state index in [0.29, 0.717) is 6.42 Å². The van der Waals surface area contributed by atoms with Crippen LogP contribution in [0, 0.1) is 0 Å². The van der Waals surface area contributed by atoms with Crippen LogP contribution in [0.2, 0.25) is 0 Å². The van der Waals surface area contributed by atoms with Crippen LogP contribution in [0.15, 0.2) is 102 Å². The molecule has 1 aromatic heterocycles. The van der Waals surface area contributed by atoms with Crippen molar-refractivity contribution in [2.45, 2.75) is 185 Å². The number of phosphoric ester groups is 2. The number of ether oxygens (including phenoxy) is 3. The standard InChI is InChI=1S/C52H83N3O16P2/c1-3-5-7-9-11-13-15-17-18-20-22-24-26-28-32-36-47(57)66-40-44(69-48(58)37-33-29-31-35-43(56)34-30-27-25-23-21-19-16-14-12-10-8-6-4-2)41-67-72(62,63)71-73(64,65)68-42-45-49(59)50(60)51(70-45)55-39-38-46(53)54-52(55)61/h6,8,12-15,19,21,25,27,29-31,34,38-39,43-45,49-51,56,59-60H,3-5,7,9-11,16-18,20,22-24,26,28,32-33,35-37,40-42H2,1-2H3,(H,62,63)(H,64,65)(H2,53,54,61)/b8-6-,14-12-,15-13-,21-19-,27-25-,31-29-,34-30-/t43?,44-,45-,49-,50-,51-/m1/s1. The lowest BCUT2D eigenvalue weighted by Gasteiger charge is -2.21. The number of aliphatic hydroxyl groups excluding tert-OH is 3. The van der Waals surface area contributed by atoms with E-state index in [4.69, 9.17) is 29.0 Å². The zero-order valence-electron chi connectivity index (χ0n) is 42.8. The van der Waals surface area contributed by atoms with Crippen molar-refractivity contribution in [2.24, 2.45) is 0 Å². The number of hydrogen-bond donors (Lipinski definition) is 6. The molecule has 0 radical (unpaired) electrons. The quantitative estimate of drug-likeness (QED) is 0.0117. The monoisotopic (exact) mass is 1070 g/mol. The van der Waals surface area contributed by atoms with Gasteiger partial charge in [0.25, 0.3) is 0 Å². The molecule has 0 aromatic carbocycles. The first-order chi connectivity index (χ1) is 35.1. The first-order valence-electron chi connectivity index (χ1n) is 25.7. The van der Waals surface area contributed by atoms with Crippen molar-refractivity contribution < 1.29 is 71.4 Å². The van der Waals surface area contributed by atoms with E-state index in [9.17, 15) is 48.6 Å². The molecule has 0 aliphatic carbocycles. The van der Waals surface area contributed by atoms with E-state index >= 15 is 0 Å². The lowest BCUT2D eigenvalue weighted by molar-refractivity contribution is -0.161. The number of rotatable bonds is 41. The van der Waals surface area contributed by atoms with Crippen molar-refractivity contribution in [3.63, 3.8) is 0 Å². The highest BCUT2D eigenvalue weighted by atomic mass is 31.3. The Balaban J connectivity index is 1.86. The smallest absolute Gasteiger partial charge is 0.462 e. The number of nitrogen functional groups attached to an aromatic ring is 1. The molecule has 7 N–H and O–H groups in total. The maximum atomic E-state index is 12.9. The molecular weight excluding hydrogens is 985 g/mol. The molecule has 0 spiro atoms. The van der Waals surface area contributed by atoms with Gasteiger partial charge in [0.15, 0.2) is 12.3 Å². The lowest BCUT2D eigenvalue weighted by atomic mass is 10.1. The molecule has 3 unspecified atom stereocenters. The SMILES string of the molecule is CC/C=C\C/C=C\C/C=C\C/C=C\C=C/C(O)C/C=C\CCC(=O)O[C@H](COC(=O)CCCCCCCCC/C=C\CCCCCC)COP(=O)(O)OP(=O)(O)OC[C@H]1O[C@@H](n2ccc(N)nc2=O)[C@H](O)[C@@H]1O. The predicted octanol–water partition coefficient (Wildman–Crippen LogP) is 9.64. The predicted molar refractivity (Wildman–Crippen MR) is 281 cm³/mol. The van der Waals surface area contributed by atoms with Crippen molar-refractivity contribution in [1.82, 2.24) is 9.55 Å². The van der Waals surface area contributed by atoms with Gasteiger partial charge in [-0.05, 0) is 76.7 Å². The molecule has 0 bridgehead atoms. The summed E-state index contributed by atoms with van der Waals surface area (Å²) < 4.78 is 56.6. The third-order valence-electron chi connectivity index (χ3n) is 11.1. The van der Waals surface area contributed by atoms with E-state index < -0.39 is 89.8 Å². The Bertz CT molecular complexity index is 2070. The fourth-order valence-electron chi connectivity index (χ4n) is 7.06. The average Bonchev–Trinajstić information content (AvgIpc) is 3.62. The van der Waals surface area contributed by atoms with Crippen LogP contribution >= 0.6 is 15.6 Å². The molecular formula is C52H83N3O16P2. The lowest BCUT2D eigenvalue weighted by Crippen LogP contribution is -2.36. The summed E-state index contributed by atoms with van der Waals surface area (Å²) in [5, 5.41) is 31.2. The number of nitrogens with two attached hydrogens (primary N) is 1. The van der Waals surface area contributed by atoms with Crippen LogP contribution in [0.3, 0.4) is 0 Å². The van der Waals surface area contributed by atoms with Crippen molar-refractivity contribution in [2.75, 3.05) is 25.6 Å². The maximum Gasteiger partial charge on any atom is 0.481 e. The number of carbonyl (C=O) groups is 2. The van der Waals surface area contributed by atoms with Crippen molar-refractivity contribution >= 4 is 33.4 Å². The summed E-state index contributed by atoms with van der Waals surface area (Å²) in [5.74, 6) is -1.50. The number of aromatic nitrogens is 2. The Morgan fingerprint density at radius 2 is 1.34 bits per heavy atom. The summed E-state index contributed by atoms with van der Waals surface area (Å²) in [5.41, 5.74) is 4.57. The van der Waals surface area contributed by atoms with Gasteiger partial charge >= 0.3 is 33.3 Å². The van der Waals surface area contributed by atoms with Crippen molar-refractivity contribution in [1.29, 1.82) is 0 Å². The minimum atomic E-state index is -5.47. The van der Waals surface area contributed by atoms with Crippen LogP contribution in [0.1, 0.15) is 155 Å². The Kier molecular flexibility index (Phi) is 35.0. The van der Waals surface area contributed by atoms with Crippen molar-refractivity contribution in [3.8, 4) is 0 Å². The fourth-order valence-corrected chi connectivity index (χ4v) is 9.17. The number of unbranched alkanes of at least 4 members (excludes halogenated alkanes) is 11. The molecule has 2 heterocycles. The normalized spacial score (nSPS) is 20.1. The first kappa shape index (κ1) is 65.0. The van der Waals surface area contributed by atoms with E-state index in [0.717, 1.165) is 87.8 Å². The number of nitrogens with zero attached hydrogens (tertiary/aromatic N) is 2. The summed E-state index contributed by atoms with van der Waals surface area (Å²) in [6, 6.07) is 1.24. The van der Waals surface area contributed by atoms with Gasteiger partial charge in [-0.15, -0.1) is 0 Å². The van der Waals surface area contributed by atoms with Crippen LogP contribution in [0.4, 0.5) is 5.82 Å². The number of esters is 2. The summed E-state index contributed by atoms with van der Waals surface area (Å²) in [6.45, 7) is 1.85. The first-order valence-corrected chi connectivity index (χ1v) is 28.7. The summed E-state index contributed by atoms with van der Waals surface area (Å²) >= 11 is 0. The fraction of sp³-hybridized carbons (Fsp3) is 0.615. The molecule has 73 heavy (non-hydrogen) atoms. The van der Waals surface area contributed by atoms with E-state index in [2.05, 4.69) is 71.8 Å². The van der Waals surface area contributed by atoms with Gasteiger partial charge < -0.3 is 45.1 Å². The van der Waals surface area contributed by atoms with Gasteiger partial charge in [-0.25, -0.2) is 13.9 Å².